The first-order valence-corrected chi connectivity index (χ1v) is 9.10. The first kappa shape index (κ1) is 19.8. The Hall–Kier alpha value is -2.96. The minimum atomic E-state index is -0.906. The molecular weight excluding hydrogens is 366 g/mol. The van der Waals surface area contributed by atoms with Crippen LogP contribution in [0.15, 0.2) is 48.5 Å². The highest BCUT2D eigenvalue weighted by Crippen LogP contribution is 2.35. The van der Waals surface area contributed by atoms with E-state index in [0.717, 1.165) is 12.1 Å². The summed E-state index contributed by atoms with van der Waals surface area (Å²) < 4.78 is 33.9. The van der Waals surface area contributed by atoms with Gasteiger partial charge in [-0.1, -0.05) is 24.3 Å². The van der Waals surface area contributed by atoms with Crippen molar-refractivity contribution in [3.8, 4) is 5.75 Å². The molecule has 1 aliphatic heterocycles. The summed E-state index contributed by atoms with van der Waals surface area (Å²) in [6.45, 7) is 0.650. The van der Waals surface area contributed by atoms with Gasteiger partial charge in [0, 0.05) is 24.9 Å². The number of halogens is 2. The molecule has 5 nitrogen and oxygen atoms in total. The first-order valence-electron chi connectivity index (χ1n) is 9.10. The number of hydrogen-bond donors (Lipinski definition) is 1. The molecule has 0 radical (unpaired) electrons. The van der Waals surface area contributed by atoms with Gasteiger partial charge in [0.15, 0.2) is 0 Å². The van der Waals surface area contributed by atoms with Crippen LogP contribution in [0.2, 0.25) is 0 Å². The third-order valence-electron chi connectivity index (χ3n) is 4.96. The van der Waals surface area contributed by atoms with E-state index in [1.165, 1.54) is 11.0 Å². The molecule has 28 heavy (non-hydrogen) atoms. The van der Waals surface area contributed by atoms with Crippen LogP contribution in [0.4, 0.5) is 8.78 Å². The number of rotatable bonds is 6. The number of piperidine rings is 1. The zero-order valence-corrected chi connectivity index (χ0v) is 15.4. The third-order valence-corrected chi connectivity index (χ3v) is 4.96. The molecule has 2 N–H and O–H groups in total. The van der Waals surface area contributed by atoms with Crippen LogP contribution in [-0.2, 0) is 4.79 Å². The lowest BCUT2D eigenvalue weighted by molar-refractivity contribution is -0.122. The highest BCUT2D eigenvalue weighted by molar-refractivity contribution is 5.95. The maximum absolute atomic E-state index is 14.0. The van der Waals surface area contributed by atoms with Crippen molar-refractivity contribution < 1.29 is 23.1 Å². The van der Waals surface area contributed by atoms with Crippen molar-refractivity contribution in [3.05, 3.63) is 65.7 Å². The zero-order chi connectivity index (χ0) is 20.1. The van der Waals surface area contributed by atoms with Crippen molar-refractivity contribution in [3.63, 3.8) is 0 Å². The van der Waals surface area contributed by atoms with Gasteiger partial charge in [0.25, 0.3) is 5.91 Å². The smallest absolute Gasteiger partial charge is 0.259 e. The van der Waals surface area contributed by atoms with Gasteiger partial charge in [0.1, 0.15) is 22.9 Å². The van der Waals surface area contributed by atoms with Crippen molar-refractivity contribution in [2.75, 3.05) is 19.7 Å². The molecule has 1 fully saturated rings. The van der Waals surface area contributed by atoms with Crippen molar-refractivity contribution in [1.82, 2.24) is 4.90 Å². The van der Waals surface area contributed by atoms with Gasteiger partial charge in [-0.2, -0.15) is 0 Å². The first-order chi connectivity index (χ1) is 13.4. The van der Waals surface area contributed by atoms with Crippen LogP contribution in [0.25, 0.3) is 0 Å². The number of para-hydroxylation sites is 1. The van der Waals surface area contributed by atoms with E-state index in [1.54, 1.807) is 12.1 Å². The number of carbonyl (C=O) groups is 2. The Morgan fingerprint density at radius 2 is 1.75 bits per heavy atom. The van der Waals surface area contributed by atoms with Gasteiger partial charge in [0.2, 0.25) is 5.91 Å². The predicted molar refractivity (Wildman–Crippen MR) is 99.7 cm³/mol. The summed E-state index contributed by atoms with van der Waals surface area (Å²) in [4.78, 5) is 25.8. The van der Waals surface area contributed by atoms with Gasteiger partial charge in [-0.25, -0.2) is 8.78 Å². The highest BCUT2D eigenvalue weighted by atomic mass is 19.1. The number of nitrogens with two attached hydrogens (primary N) is 1. The lowest BCUT2D eigenvalue weighted by Gasteiger charge is -2.42. The Morgan fingerprint density at radius 3 is 2.39 bits per heavy atom. The van der Waals surface area contributed by atoms with E-state index in [-0.39, 0.29) is 19.6 Å². The molecule has 1 heterocycles. The fraction of sp³-hybridized carbons (Fsp3) is 0.333. The molecule has 7 heteroatoms. The molecule has 1 aliphatic rings. The van der Waals surface area contributed by atoms with Crippen LogP contribution in [-0.4, -0.2) is 36.4 Å². The van der Waals surface area contributed by atoms with E-state index >= 15 is 0 Å². The van der Waals surface area contributed by atoms with Crippen LogP contribution in [0, 0.1) is 17.0 Å². The fourth-order valence-corrected chi connectivity index (χ4v) is 3.68. The highest BCUT2D eigenvalue weighted by Gasteiger charge is 2.40. The fourth-order valence-electron chi connectivity index (χ4n) is 3.68. The Bertz CT molecular complexity index is 840. The van der Waals surface area contributed by atoms with Crippen LogP contribution in [0.5, 0.6) is 5.75 Å². The van der Waals surface area contributed by atoms with E-state index in [4.69, 9.17) is 10.5 Å². The molecule has 0 bridgehead atoms. The standard InChI is InChI=1S/C21H22F2N2O3/c22-16-8-4-9-17(23)19(16)20(27)25-11-5-10-21(13-25,12-18(24)26)14-28-15-6-2-1-3-7-15/h1-4,6-9H,5,10-14H2,(H2,24,26)/t21-/m1/s1. The van der Waals surface area contributed by atoms with Crippen molar-refractivity contribution >= 4 is 11.8 Å². The number of amides is 2. The van der Waals surface area contributed by atoms with Gasteiger partial charge in [-0.05, 0) is 37.1 Å². The van der Waals surface area contributed by atoms with Gasteiger partial charge in [-0.15, -0.1) is 0 Å². The molecule has 0 unspecified atom stereocenters. The molecule has 148 valence electrons. The number of nitrogens with zero attached hydrogens (tertiary/aromatic N) is 1. The number of likely N-dealkylation sites (tertiary alicyclic amines) is 1. The maximum Gasteiger partial charge on any atom is 0.259 e. The van der Waals surface area contributed by atoms with Crippen molar-refractivity contribution in [2.24, 2.45) is 11.1 Å². The Kier molecular flexibility index (Phi) is 5.92. The summed E-state index contributed by atoms with van der Waals surface area (Å²) >= 11 is 0. The van der Waals surface area contributed by atoms with Crippen molar-refractivity contribution in [1.29, 1.82) is 0 Å². The molecule has 2 aromatic rings. The molecule has 2 amide bonds. The Morgan fingerprint density at radius 1 is 1.07 bits per heavy atom. The van der Waals surface area contributed by atoms with Crippen LogP contribution < -0.4 is 10.5 Å². The maximum atomic E-state index is 14.0. The predicted octanol–water partition coefficient (Wildman–Crippen LogP) is 3.14. The molecule has 1 saturated heterocycles. The Labute approximate surface area is 162 Å². The Balaban J connectivity index is 1.81. The second-order valence-electron chi connectivity index (χ2n) is 7.17. The number of carbonyl (C=O) groups excluding carboxylic acids is 2. The zero-order valence-electron chi connectivity index (χ0n) is 15.4. The van der Waals surface area contributed by atoms with E-state index in [1.807, 2.05) is 18.2 Å². The summed E-state index contributed by atoms with van der Waals surface area (Å²) in [6, 6.07) is 12.4. The molecule has 0 aromatic heterocycles. The normalized spacial score (nSPS) is 19.3. The van der Waals surface area contributed by atoms with Gasteiger partial charge in [-0.3, -0.25) is 9.59 Å². The summed E-state index contributed by atoms with van der Waals surface area (Å²) in [7, 11) is 0. The second-order valence-corrected chi connectivity index (χ2v) is 7.17. The number of primary amides is 1. The largest absolute Gasteiger partial charge is 0.493 e. The second kappa shape index (κ2) is 8.37. The summed E-state index contributed by atoms with van der Waals surface area (Å²) in [5, 5.41) is 0. The van der Waals surface area contributed by atoms with Gasteiger partial charge >= 0.3 is 0 Å². The van der Waals surface area contributed by atoms with Crippen LogP contribution >= 0.6 is 0 Å². The number of hydrogen-bond acceptors (Lipinski definition) is 3. The summed E-state index contributed by atoms with van der Waals surface area (Å²) in [6.07, 6.45) is 1.21. The van der Waals surface area contributed by atoms with E-state index in [2.05, 4.69) is 0 Å². The quantitative estimate of drug-likeness (QED) is 0.826. The lowest BCUT2D eigenvalue weighted by atomic mass is 9.77. The molecule has 0 aliphatic carbocycles. The van der Waals surface area contributed by atoms with Crippen LogP contribution in [0.3, 0.4) is 0 Å². The molecular formula is C21H22F2N2O3. The average Bonchev–Trinajstić information content (AvgIpc) is 2.67. The molecule has 3 rings (SSSR count). The molecule has 0 spiro atoms. The monoisotopic (exact) mass is 388 g/mol. The van der Waals surface area contributed by atoms with E-state index < -0.39 is 34.4 Å². The SMILES string of the molecule is NC(=O)C[C@]1(COc2ccccc2)CCCN(C(=O)c2c(F)cccc2F)C1. The summed E-state index contributed by atoms with van der Waals surface area (Å²) in [5.74, 6) is -2.42. The van der Waals surface area contributed by atoms with Crippen LogP contribution in [0.1, 0.15) is 29.6 Å². The minimum Gasteiger partial charge on any atom is -0.493 e. The minimum absolute atomic E-state index is 0.0172. The molecule has 0 saturated carbocycles. The summed E-state index contributed by atoms with van der Waals surface area (Å²) in [5.41, 5.74) is 4.15. The average molecular weight is 388 g/mol. The number of ether oxygens (including phenoxy) is 1. The van der Waals surface area contributed by atoms with Gasteiger partial charge < -0.3 is 15.4 Å². The topological polar surface area (TPSA) is 72.6 Å². The van der Waals surface area contributed by atoms with Crippen molar-refractivity contribution in [2.45, 2.75) is 19.3 Å². The lowest BCUT2D eigenvalue weighted by Crippen LogP contribution is -2.50. The van der Waals surface area contributed by atoms with E-state index in [0.29, 0.717) is 25.1 Å². The van der Waals surface area contributed by atoms with E-state index in [9.17, 15) is 18.4 Å². The molecule has 2 aromatic carbocycles. The van der Waals surface area contributed by atoms with Gasteiger partial charge in [0.05, 0.1) is 6.61 Å². The number of benzene rings is 2. The third kappa shape index (κ3) is 4.47. The molecule has 1 atom stereocenters.